The number of hydrogen-bond acceptors (Lipinski definition) is 6. The molecule has 4 aromatic carbocycles. The Kier molecular flexibility index (Phi) is 9.52. The standard InChI is InChI=1S/C34H33NO5/c1-24(2)33(36)38-22-26-10-14-28(15-11-26)35(29-16-12-27(13-17-29)23-39-34(37)25(3)4)30-18-20-32(21-19-30)40-31-8-6-5-7-9-31/h5-21,33,36H,1,3,22-23H2,2,4H3. The third-order valence-electron chi connectivity index (χ3n) is 6.01. The molecule has 4 aromatic rings. The van der Waals surface area contributed by atoms with Crippen LogP contribution in [0.3, 0.4) is 0 Å². The zero-order chi connectivity index (χ0) is 28.5. The van der Waals surface area contributed by atoms with Gasteiger partial charge < -0.3 is 24.2 Å². The van der Waals surface area contributed by atoms with Gasteiger partial charge in [0.25, 0.3) is 0 Å². The summed E-state index contributed by atoms with van der Waals surface area (Å²) in [6.45, 7) is 11.1. The minimum Gasteiger partial charge on any atom is -0.457 e. The lowest BCUT2D eigenvalue weighted by Gasteiger charge is -2.26. The van der Waals surface area contributed by atoms with E-state index in [1.807, 2.05) is 103 Å². The predicted molar refractivity (Wildman–Crippen MR) is 158 cm³/mol. The van der Waals surface area contributed by atoms with Crippen LogP contribution in [0.1, 0.15) is 25.0 Å². The molecule has 0 spiro atoms. The Morgan fingerprint density at radius 1 is 0.725 bits per heavy atom. The highest BCUT2D eigenvalue weighted by atomic mass is 16.6. The molecule has 204 valence electrons. The molecule has 6 heteroatoms. The van der Waals surface area contributed by atoms with E-state index in [9.17, 15) is 9.90 Å². The van der Waals surface area contributed by atoms with Gasteiger partial charge in [-0.25, -0.2) is 4.79 Å². The second kappa shape index (κ2) is 13.4. The van der Waals surface area contributed by atoms with E-state index in [1.54, 1.807) is 13.8 Å². The minimum atomic E-state index is -0.999. The lowest BCUT2D eigenvalue weighted by molar-refractivity contribution is -0.140. The molecule has 6 nitrogen and oxygen atoms in total. The van der Waals surface area contributed by atoms with Crippen molar-refractivity contribution in [3.63, 3.8) is 0 Å². The molecular formula is C34H33NO5. The Morgan fingerprint density at radius 2 is 1.20 bits per heavy atom. The highest BCUT2D eigenvalue weighted by molar-refractivity contribution is 5.87. The molecule has 0 heterocycles. The first kappa shape index (κ1) is 28.4. The summed E-state index contributed by atoms with van der Waals surface area (Å²) in [5.41, 5.74) is 5.50. The normalized spacial score (nSPS) is 11.4. The molecule has 0 fully saturated rings. The van der Waals surface area contributed by atoms with Gasteiger partial charge in [-0.15, -0.1) is 0 Å². The summed E-state index contributed by atoms with van der Waals surface area (Å²) in [5, 5.41) is 9.89. The van der Waals surface area contributed by atoms with Gasteiger partial charge >= 0.3 is 5.97 Å². The van der Waals surface area contributed by atoms with Crippen molar-refractivity contribution >= 4 is 23.0 Å². The quantitative estimate of drug-likeness (QED) is 0.0858. The maximum Gasteiger partial charge on any atom is 0.333 e. The van der Waals surface area contributed by atoms with Crippen LogP contribution in [-0.4, -0.2) is 17.4 Å². The summed E-state index contributed by atoms with van der Waals surface area (Å²) in [6.07, 6.45) is -0.999. The smallest absolute Gasteiger partial charge is 0.333 e. The Bertz CT molecular complexity index is 1430. The average molecular weight is 536 g/mol. The molecule has 0 saturated carbocycles. The largest absolute Gasteiger partial charge is 0.457 e. The molecule has 0 aliphatic rings. The number of carbonyl (C=O) groups is 1. The molecule has 0 bridgehead atoms. The summed E-state index contributed by atoms with van der Waals surface area (Å²) in [5.74, 6) is 1.08. The van der Waals surface area contributed by atoms with Crippen molar-refractivity contribution < 1.29 is 24.1 Å². The summed E-state index contributed by atoms with van der Waals surface area (Å²) >= 11 is 0. The fourth-order valence-corrected chi connectivity index (χ4v) is 3.81. The fourth-order valence-electron chi connectivity index (χ4n) is 3.81. The summed E-state index contributed by atoms with van der Waals surface area (Å²) in [4.78, 5) is 13.9. The topological polar surface area (TPSA) is 68.2 Å². The van der Waals surface area contributed by atoms with Crippen molar-refractivity contribution in [1.82, 2.24) is 0 Å². The number of aliphatic hydroxyl groups excluding tert-OH is 1. The minimum absolute atomic E-state index is 0.169. The van der Waals surface area contributed by atoms with Gasteiger partial charge in [0.05, 0.1) is 6.61 Å². The molecule has 0 aliphatic carbocycles. The molecule has 40 heavy (non-hydrogen) atoms. The second-order valence-corrected chi connectivity index (χ2v) is 9.44. The summed E-state index contributed by atoms with van der Waals surface area (Å²) < 4.78 is 16.7. The van der Waals surface area contributed by atoms with Crippen LogP contribution in [-0.2, 0) is 27.5 Å². The summed E-state index contributed by atoms with van der Waals surface area (Å²) in [6, 6.07) is 33.3. The van der Waals surface area contributed by atoms with Crippen LogP contribution in [0, 0.1) is 0 Å². The number of anilines is 3. The zero-order valence-electron chi connectivity index (χ0n) is 22.7. The number of carbonyl (C=O) groups excluding carboxylic acids is 1. The van der Waals surface area contributed by atoms with Crippen LogP contribution in [0.4, 0.5) is 17.1 Å². The number of rotatable bonds is 12. The number of para-hydroxylation sites is 1. The van der Waals surface area contributed by atoms with Crippen molar-refractivity contribution in [3.05, 3.63) is 139 Å². The SMILES string of the molecule is C=C(C)C(=O)OCc1ccc(N(c2ccc(COC(O)C(=C)C)cc2)c2ccc(Oc3ccccc3)cc2)cc1. The van der Waals surface area contributed by atoms with Gasteiger partial charge in [-0.05, 0) is 91.2 Å². The van der Waals surface area contributed by atoms with Crippen LogP contribution in [0.5, 0.6) is 11.5 Å². The van der Waals surface area contributed by atoms with Crippen molar-refractivity contribution in [2.75, 3.05) is 4.90 Å². The van der Waals surface area contributed by atoms with Crippen molar-refractivity contribution in [2.24, 2.45) is 0 Å². The maximum absolute atomic E-state index is 11.8. The third-order valence-corrected chi connectivity index (χ3v) is 6.01. The van der Waals surface area contributed by atoms with Crippen LogP contribution < -0.4 is 9.64 Å². The lowest BCUT2D eigenvalue weighted by Crippen LogP contribution is -2.13. The van der Waals surface area contributed by atoms with E-state index in [4.69, 9.17) is 14.2 Å². The van der Waals surface area contributed by atoms with Gasteiger partial charge in [0.1, 0.15) is 18.1 Å². The number of nitrogens with zero attached hydrogens (tertiary/aromatic N) is 1. The van der Waals surface area contributed by atoms with Gasteiger partial charge in [-0.3, -0.25) is 0 Å². The number of esters is 1. The first-order valence-corrected chi connectivity index (χ1v) is 12.9. The third kappa shape index (κ3) is 7.69. The highest BCUT2D eigenvalue weighted by Crippen LogP contribution is 2.36. The Balaban J connectivity index is 1.58. The van der Waals surface area contributed by atoms with Gasteiger partial charge in [-0.2, -0.15) is 0 Å². The lowest BCUT2D eigenvalue weighted by atomic mass is 10.1. The van der Waals surface area contributed by atoms with Crippen LogP contribution in [0.2, 0.25) is 0 Å². The van der Waals surface area contributed by atoms with E-state index in [2.05, 4.69) is 18.1 Å². The number of aliphatic hydroxyl groups is 1. The van der Waals surface area contributed by atoms with E-state index in [0.717, 1.165) is 39.7 Å². The zero-order valence-corrected chi connectivity index (χ0v) is 22.7. The first-order chi connectivity index (χ1) is 19.3. The molecule has 1 unspecified atom stereocenters. The van der Waals surface area contributed by atoms with Gasteiger partial charge in [-0.1, -0.05) is 55.6 Å². The highest BCUT2D eigenvalue weighted by Gasteiger charge is 2.14. The Hall–Kier alpha value is -4.65. The van der Waals surface area contributed by atoms with E-state index >= 15 is 0 Å². The van der Waals surface area contributed by atoms with E-state index in [0.29, 0.717) is 11.1 Å². The predicted octanol–water partition coefficient (Wildman–Crippen LogP) is 7.98. The van der Waals surface area contributed by atoms with E-state index in [1.165, 1.54) is 0 Å². The van der Waals surface area contributed by atoms with Crippen LogP contribution in [0.15, 0.2) is 127 Å². The molecule has 0 saturated heterocycles. The van der Waals surface area contributed by atoms with Gasteiger partial charge in [0, 0.05) is 22.6 Å². The van der Waals surface area contributed by atoms with Crippen LogP contribution in [0.25, 0.3) is 0 Å². The fraction of sp³-hybridized carbons (Fsp3) is 0.147. The van der Waals surface area contributed by atoms with Gasteiger partial charge in [0.2, 0.25) is 0 Å². The van der Waals surface area contributed by atoms with E-state index in [-0.39, 0.29) is 13.2 Å². The Labute approximate surface area is 235 Å². The van der Waals surface area contributed by atoms with Gasteiger partial charge in [0.15, 0.2) is 6.29 Å². The molecule has 0 aromatic heterocycles. The maximum atomic E-state index is 11.8. The average Bonchev–Trinajstić information content (AvgIpc) is 2.97. The molecule has 4 rings (SSSR count). The first-order valence-electron chi connectivity index (χ1n) is 12.9. The number of benzene rings is 4. The van der Waals surface area contributed by atoms with Crippen LogP contribution >= 0.6 is 0 Å². The van der Waals surface area contributed by atoms with Crippen molar-refractivity contribution in [1.29, 1.82) is 0 Å². The number of hydrogen-bond donors (Lipinski definition) is 1. The Morgan fingerprint density at radius 3 is 1.70 bits per heavy atom. The molecule has 0 aliphatic heterocycles. The summed E-state index contributed by atoms with van der Waals surface area (Å²) in [7, 11) is 0. The van der Waals surface area contributed by atoms with Crippen molar-refractivity contribution in [3.8, 4) is 11.5 Å². The number of ether oxygens (including phenoxy) is 3. The molecule has 0 amide bonds. The second-order valence-electron chi connectivity index (χ2n) is 9.44. The molecular weight excluding hydrogens is 502 g/mol. The molecule has 0 radical (unpaired) electrons. The molecule has 1 atom stereocenters. The monoisotopic (exact) mass is 535 g/mol. The van der Waals surface area contributed by atoms with Crippen molar-refractivity contribution in [2.45, 2.75) is 33.4 Å². The molecule has 1 N–H and O–H groups in total. The van der Waals surface area contributed by atoms with E-state index < -0.39 is 12.3 Å².